The molecule has 0 saturated carbocycles. The molecule has 1 saturated heterocycles. The van der Waals surface area contributed by atoms with Gasteiger partial charge in [-0.2, -0.15) is 18.3 Å². The van der Waals surface area contributed by atoms with Crippen LogP contribution in [-0.2, 0) is 4.79 Å². The van der Waals surface area contributed by atoms with Crippen LogP contribution in [0.15, 0.2) is 41.6 Å². The normalized spacial score (nSPS) is 23.8. The van der Waals surface area contributed by atoms with Gasteiger partial charge in [-0.25, -0.2) is 4.98 Å². The molecular formula is C26H30ClF3N4O4. The van der Waals surface area contributed by atoms with Crippen molar-refractivity contribution in [3.05, 3.63) is 41.6 Å². The molecule has 4 atom stereocenters. The van der Waals surface area contributed by atoms with Gasteiger partial charge in [-0.15, -0.1) is 0 Å². The Morgan fingerprint density at radius 2 is 1.95 bits per heavy atom. The molecule has 2 aliphatic rings. The molecule has 0 radical (unpaired) electrons. The average molecular weight is 555 g/mol. The highest BCUT2D eigenvalue weighted by atomic mass is 35.5. The molecule has 1 aromatic heterocycles. The number of halogens is 4. The molecule has 0 bridgehead atoms. The van der Waals surface area contributed by atoms with Crippen LogP contribution in [0, 0.1) is 11.8 Å². The number of anilines is 2. The van der Waals surface area contributed by atoms with Crippen molar-refractivity contribution in [2.24, 2.45) is 16.9 Å². The fourth-order valence-corrected chi connectivity index (χ4v) is 5.15. The van der Waals surface area contributed by atoms with Crippen LogP contribution in [0.3, 0.4) is 0 Å². The van der Waals surface area contributed by atoms with Gasteiger partial charge in [0, 0.05) is 37.4 Å². The number of aromatic nitrogens is 1. The summed E-state index contributed by atoms with van der Waals surface area (Å²) in [5.74, 6) is -1.02. The number of rotatable bonds is 8. The summed E-state index contributed by atoms with van der Waals surface area (Å²) >= 11 is 6.39. The molecule has 1 aromatic carbocycles. The van der Waals surface area contributed by atoms with Crippen LogP contribution >= 0.6 is 11.6 Å². The molecule has 2 aliphatic heterocycles. The third-order valence-corrected chi connectivity index (χ3v) is 7.16. The van der Waals surface area contributed by atoms with E-state index in [1.807, 2.05) is 13.0 Å². The second kappa shape index (κ2) is 11.3. The third kappa shape index (κ3) is 6.09. The molecule has 0 amide bonds. The highest BCUT2D eigenvalue weighted by Crippen LogP contribution is 2.37. The molecule has 8 nitrogen and oxygen atoms in total. The first-order chi connectivity index (χ1) is 18.0. The summed E-state index contributed by atoms with van der Waals surface area (Å²) < 4.78 is 52.0. The lowest BCUT2D eigenvalue weighted by Gasteiger charge is -2.38. The van der Waals surface area contributed by atoms with E-state index in [0.717, 1.165) is 17.1 Å². The van der Waals surface area contributed by atoms with E-state index in [9.17, 15) is 23.1 Å². The number of carbonyl (C=O) groups is 1. The number of carboxylic acid groups (broad SMARTS) is 1. The molecule has 0 unspecified atom stereocenters. The molecule has 38 heavy (non-hydrogen) atoms. The Hall–Kier alpha value is -3.21. The largest absolute Gasteiger partial charge is 0.490 e. The summed E-state index contributed by atoms with van der Waals surface area (Å²) in [5.41, 5.74) is 0.247. The number of ether oxygens (including phenoxy) is 2. The predicted octanol–water partition coefficient (Wildman–Crippen LogP) is 5.65. The SMILES string of the molecule is CCOc1cc(N2CC[C@@H](Oc3ccc(N4N=C(C(F)(F)F)[C@@H](C)[C@@H]4CC(=O)O)cc3)[C@H](C)C2)c(Cl)cn1. The number of hydrazone groups is 1. The minimum atomic E-state index is -4.63. The van der Waals surface area contributed by atoms with Crippen molar-refractivity contribution >= 4 is 34.7 Å². The summed E-state index contributed by atoms with van der Waals surface area (Å²) in [6.07, 6.45) is -2.86. The van der Waals surface area contributed by atoms with Gasteiger partial charge < -0.3 is 19.5 Å². The van der Waals surface area contributed by atoms with Crippen molar-refractivity contribution in [1.82, 2.24) is 4.98 Å². The molecule has 206 valence electrons. The van der Waals surface area contributed by atoms with Crippen LogP contribution < -0.4 is 19.4 Å². The van der Waals surface area contributed by atoms with E-state index in [2.05, 4.69) is 21.9 Å². The number of hydrogen-bond donors (Lipinski definition) is 1. The fourth-order valence-electron chi connectivity index (χ4n) is 4.93. The van der Waals surface area contributed by atoms with Gasteiger partial charge in [0.15, 0.2) is 0 Å². The van der Waals surface area contributed by atoms with Crippen molar-refractivity contribution in [3.8, 4) is 11.6 Å². The highest BCUT2D eigenvalue weighted by Gasteiger charge is 2.48. The van der Waals surface area contributed by atoms with Crippen molar-refractivity contribution < 1.29 is 32.5 Å². The van der Waals surface area contributed by atoms with Crippen molar-refractivity contribution in [1.29, 1.82) is 0 Å². The van der Waals surface area contributed by atoms with Gasteiger partial charge in [0.1, 0.15) is 17.6 Å². The highest BCUT2D eigenvalue weighted by molar-refractivity contribution is 6.33. The molecule has 0 aliphatic carbocycles. The maximum atomic E-state index is 13.4. The van der Waals surface area contributed by atoms with E-state index in [4.69, 9.17) is 21.1 Å². The van der Waals surface area contributed by atoms with Gasteiger partial charge in [0.05, 0.1) is 41.7 Å². The van der Waals surface area contributed by atoms with Crippen molar-refractivity contribution in [3.63, 3.8) is 0 Å². The van der Waals surface area contributed by atoms with E-state index in [1.165, 1.54) is 6.92 Å². The monoisotopic (exact) mass is 554 g/mol. The number of pyridine rings is 1. The molecule has 0 spiro atoms. The van der Waals surface area contributed by atoms with Crippen LogP contribution in [-0.4, -0.2) is 59.8 Å². The lowest BCUT2D eigenvalue weighted by atomic mass is 9.94. The van der Waals surface area contributed by atoms with E-state index >= 15 is 0 Å². The number of piperidine rings is 1. The Balaban J connectivity index is 1.43. The zero-order valence-corrected chi connectivity index (χ0v) is 22.0. The van der Waals surface area contributed by atoms with Gasteiger partial charge in [-0.05, 0) is 31.2 Å². The summed E-state index contributed by atoms with van der Waals surface area (Å²) in [4.78, 5) is 17.7. The molecule has 4 rings (SSSR count). The van der Waals surface area contributed by atoms with E-state index in [0.29, 0.717) is 42.0 Å². The quantitative estimate of drug-likeness (QED) is 0.451. The van der Waals surface area contributed by atoms with Crippen LogP contribution in [0.5, 0.6) is 11.6 Å². The lowest BCUT2D eigenvalue weighted by molar-refractivity contribution is -0.137. The van der Waals surface area contributed by atoms with Crippen molar-refractivity contribution in [2.45, 2.75) is 51.9 Å². The third-order valence-electron chi connectivity index (χ3n) is 6.87. The first-order valence-corrected chi connectivity index (χ1v) is 12.8. The molecule has 12 heteroatoms. The number of alkyl halides is 3. The summed E-state index contributed by atoms with van der Waals surface area (Å²) in [5, 5.41) is 14.7. The van der Waals surface area contributed by atoms with Crippen LogP contribution in [0.25, 0.3) is 0 Å². The second-order valence-electron chi connectivity index (χ2n) is 9.55. The van der Waals surface area contributed by atoms with Crippen molar-refractivity contribution in [2.75, 3.05) is 29.6 Å². The smallest absolute Gasteiger partial charge is 0.431 e. The minimum Gasteiger partial charge on any atom is -0.490 e. The fraction of sp³-hybridized carbons (Fsp3) is 0.500. The van der Waals surface area contributed by atoms with Crippen LogP contribution in [0.1, 0.15) is 33.6 Å². The van der Waals surface area contributed by atoms with Gasteiger partial charge in [0.25, 0.3) is 0 Å². The minimum absolute atomic E-state index is 0.0782. The van der Waals surface area contributed by atoms with Crippen LogP contribution in [0.4, 0.5) is 24.5 Å². The summed E-state index contributed by atoms with van der Waals surface area (Å²) in [6.45, 7) is 7.24. The maximum Gasteiger partial charge on any atom is 0.431 e. The molecule has 2 aromatic rings. The van der Waals surface area contributed by atoms with E-state index in [-0.39, 0.29) is 12.0 Å². The van der Waals surface area contributed by atoms with E-state index < -0.39 is 36.2 Å². The Kier molecular flexibility index (Phi) is 8.25. The number of hydrogen-bond acceptors (Lipinski definition) is 7. The summed E-state index contributed by atoms with van der Waals surface area (Å²) in [6, 6.07) is 7.44. The predicted molar refractivity (Wildman–Crippen MR) is 138 cm³/mol. The van der Waals surface area contributed by atoms with Crippen LogP contribution in [0.2, 0.25) is 5.02 Å². The number of benzene rings is 1. The van der Waals surface area contributed by atoms with Gasteiger partial charge in [-0.1, -0.05) is 25.4 Å². The topological polar surface area (TPSA) is 87.5 Å². The standard InChI is InChI=1S/C26H30ClF3N4O4/c1-4-37-23-11-21(19(27)13-31-23)33-10-9-22(15(2)14-33)38-18-7-5-17(6-8-18)34-20(12-24(35)36)16(3)25(32-34)26(28,29)30/h5-8,11,13,15-16,20,22H,4,9-10,12,14H2,1-3H3,(H,35,36)/t15-,16+,20+,22-/m1/s1. The van der Waals surface area contributed by atoms with Gasteiger partial charge in [0.2, 0.25) is 5.88 Å². The first-order valence-electron chi connectivity index (χ1n) is 12.4. The van der Waals surface area contributed by atoms with Gasteiger partial charge >= 0.3 is 12.1 Å². The number of aliphatic carboxylic acids is 1. The number of carboxylic acids is 1. The Morgan fingerprint density at radius 1 is 1.24 bits per heavy atom. The second-order valence-corrected chi connectivity index (χ2v) is 9.96. The zero-order chi connectivity index (χ0) is 27.6. The lowest BCUT2D eigenvalue weighted by Crippen LogP contribution is -2.44. The zero-order valence-electron chi connectivity index (χ0n) is 21.3. The number of nitrogens with zero attached hydrogens (tertiary/aromatic N) is 4. The average Bonchev–Trinajstić information content (AvgIpc) is 3.18. The van der Waals surface area contributed by atoms with Gasteiger partial charge in [-0.3, -0.25) is 9.80 Å². The molecule has 3 heterocycles. The molecule has 1 N–H and O–H groups in total. The Labute approximate surface area is 224 Å². The Bertz CT molecular complexity index is 1180. The molecule has 1 fully saturated rings. The summed E-state index contributed by atoms with van der Waals surface area (Å²) in [7, 11) is 0. The van der Waals surface area contributed by atoms with E-state index in [1.54, 1.807) is 30.5 Å². The maximum absolute atomic E-state index is 13.4. The first kappa shape index (κ1) is 27.8. The Morgan fingerprint density at radius 3 is 2.55 bits per heavy atom. The molecular weight excluding hydrogens is 525 g/mol.